The zero-order valence-electron chi connectivity index (χ0n) is 10.2. The predicted molar refractivity (Wildman–Crippen MR) is 67.9 cm³/mol. The van der Waals surface area contributed by atoms with Crippen LogP contribution in [0.2, 0.25) is 0 Å². The molecule has 0 aliphatic heterocycles. The molecule has 0 spiro atoms. The molecule has 0 bridgehead atoms. The minimum atomic E-state index is 0.0467. The molecule has 0 aliphatic carbocycles. The second kappa shape index (κ2) is 3.48. The lowest BCUT2D eigenvalue weighted by atomic mass is 9.85. The molecule has 0 saturated carbocycles. The molecule has 0 saturated heterocycles. The van der Waals surface area contributed by atoms with Gasteiger partial charge in [-0.2, -0.15) is 0 Å². The minimum Gasteiger partial charge on any atom is -0.318 e. The Morgan fingerprint density at radius 1 is 1.06 bits per heavy atom. The maximum Gasteiger partial charge on any atom is 0.258 e. The highest BCUT2D eigenvalue weighted by Crippen LogP contribution is 2.27. The van der Waals surface area contributed by atoms with Crippen LogP contribution >= 0.6 is 0 Å². The highest BCUT2D eigenvalue weighted by atomic mass is 16.1. The first-order valence-electron chi connectivity index (χ1n) is 5.50. The zero-order chi connectivity index (χ0) is 11.9. The van der Waals surface area contributed by atoms with E-state index in [0.717, 1.165) is 10.8 Å². The van der Waals surface area contributed by atoms with Gasteiger partial charge in [0.2, 0.25) is 0 Å². The summed E-state index contributed by atoms with van der Waals surface area (Å²) in [5.74, 6) is 0. The third kappa shape index (κ3) is 1.64. The van der Waals surface area contributed by atoms with Crippen LogP contribution in [0.1, 0.15) is 26.3 Å². The summed E-state index contributed by atoms with van der Waals surface area (Å²) in [7, 11) is 1.81. The standard InChI is InChI=1S/C14H17NO/c1-14(2,3)12-9-15(4)13(16)11-8-6-5-7-10(11)12/h5-9H,1-4H3. The molecule has 1 heterocycles. The molecule has 0 radical (unpaired) electrons. The van der Waals surface area contributed by atoms with Gasteiger partial charge in [0, 0.05) is 18.6 Å². The van der Waals surface area contributed by atoms with Crippen LogP contribution in [-0.2, 0) is 12.5 Å². The van der Waals surface area contributed by atoms with Crippen molar-refractivity contribution in [3.63, 3.8) is 0 Å². The number of benzene rings is 1. The van der Waals surface area contributed by atoms with Crippen molar-refractivity contribution < 1.29 is 0 Å². The Hall–Kier alpha value is -1.57. The van der Waals surface area contributed by atoms with Crippen LogP contribution < -0.4 is 5.56 Å². The lowest BCUT2D eigenvalue weighted by Crippen LogP contribution is -2.22. The molecule has 2 rings (SSSR count). The van der Waals surface area contributed by atoms with Crippen LogP contribution in [0.15, 0.2) is 35.3 Å². The number of fused-ring (bicyclic) bond motifs is 1. The molecular weight excluding hydrogens is 198 g/mol. The summed E-state index contributed by atoms with van der Waals surface area (Å²) in [6.07, 6.45) is 1.95. The minimum absolute atomic E-state index is 0.0467. The van der Waals surface area contributed by atoms with E-state index < -0.39 is 0 Å². The van der Waals surface area contributed by atoms with Crippen LogP contribution in [-0.4, -0.2) is 4.57 Å². The number of aromatic nitrogens is 1. The first-order chi connectivity index (χ1) is 7.41. The number of hydrogen-bond donors (Lipinski definition) is 0. The zero-order valence-corrected chi connectivity index (χ0v) is 10.2. The topological polar surface area (TPSA) is 22.0 Å². The van der Waals surface area contributed by atoms with Crippen molar-refractivity contribution in [3.05, 3.63) is 46.4 Å². The van der Waals surface area contributed by atoms with Gasteiger partial charge >= 0.3 is 0 Å². The fraction of sp³-hybridized carbons (Fsp3) is 0.357. The van der Waals surface area contributed by atoms with Gasteiger partial charge in [-0.05, 0) is 22.4 Å². The second-order valence-corrected chi connectivity index (χ2v) is 5.25. The van der Waals surface area contributed by atoms with Crippen LogP contribution in [0.3, 0.4) is 0 Å². The fourth-order valence-electron chi connectivity index (χ4n) is 2.01. The molecule has 0 aliphatic rings. The van der Waals surface area contributed by atoms with E-state index in [1.54, 1.807) is 4.57 Å². The van der Waals surface area contributed by atoms with Gasteiger partial charge in [0.15, 0.2) is 0 Å². The van der Waals surface area contributed by atoms with E-state index in [9.17, 15) is 4.79 Å². The first kappa shape index (κ1) is 10.9. The fourth-order valence-corrected chi connectivity index (χ4v) is 2.01. The van der Waals surface area contributed by atoms with Gasteiger partial charge in [-0.1, -0.05) is 39.0 Å². The summed E-state index contributed by atoms with van der Waals surface area (Å²) < 4.78 is 1.67. The molecule has 0 fully saturated rings. The van der Waals surface area contributed by atoms with Crippen molar-refractivity contribution in [1.29, 1.82) is 0 Å². The van der Waals surface area contributed by atoms with E-state index in [-0.39, 0.29) is 11.0 Å². The molecule has 1 aromatic carbocycles. The van der Waals surface area contributed by atoms with Gasteiger partial charge in [0.1, 0.15) is 0 Å². The SMILES string of the molecule is Cn1cc(C(C)(C)C)c2ccccc2c1=O. The van der Waals surface area contributed by atoms with Crippen molar-refractivity contribution in [2.45, 2.75) is 26.2 Å². The van der Waals surface area contributed by atoms with Gasteiger partial charge in [0.25, 0.3) is 5.56 Å². The van der Waals surface area contributed by atoms with Crippen LogP contribution in [0.4, 0.5) is 0 Å². The first-order valence-corrected chi connectivity index (χ1v) is 5.50. The third-order valence-corrected chi connectivity index (χ3v) is 2.90. The Balaban J connectivity index is 2.97. The lowest BCUT2D eigenvalue weighted by Gasteiger charge is -2.22. The Bertz CT molecular complexity index is 588. The van der Waals surface area contributed by atoms with Gasteiger partial charge < -0.3 is 4.57 Å². The predicted octanol–water partition coefficient (Wildman–Crippen LogP) is 2.84. The van der Waals surface area contributed by atoms with Gasteiger partial charge in [0.05, 0.1) is 0 Å². The summed E-state index contributed by atoms with van der Waals surface area (Å²) >= 11 is 0. The molecule has 0 N–H and O–H groups in total. The Kier molecular flexibility index (Phi) is 2.38. The summed E-state index contributed by atoms with van der Waals surface area (Å²) in [5, 5.41) is 1.87. The van der Waals surface area contributed by atoms with Crippen molar-refractivity contribution in [2.24, 2.45) is 7.05 Å². The van der Waals surface area contributed by atoms with Crippen molar-refractivity contribution in [3.8, 4) is 0 Å². The van der Waals surface area contributed by atoms with Crippen LogP contribution in [0, 0.1) is 0 Å². The monoisotopic (exact) mass is 215 g/mol. The number of hydrogen-bond acceptors (Lipinski definition) is 1. The Labute approximate surface area is 95.5 Å². The van der Waals surface area contributed by atoms with E-state index in [4.69, 9.17) is 0 Å². The number of nitrogens with zero attached hydrogens (tertiary/aromatic N) is 1. The van der Waals surface area contributed by atoms with E-state index in [1.165, 1.54) is 5.56 Å². The summed E-state index contributed by atoms with van der Waals surface area (Å²) in [4.78, 5) is 12.0. The second-order valence-electron chi connectivity index (χ2n) is 5.25. The normalized spacial score (nSPS) is 12.0. The van der Waals surface area contributed by atoms with Crippen molar-refractivity contribution >= 4 is 10.8 Å². The molecule has 2 heteroatoms. The highest BCUT2D eigenvalue weighted by Gasteiger charge is 2.18. The Morgan fingerprint density at radius 2 is 1.62 bits per heavy atom. The van der Waals surface area contributed by atoms with E-state index in [1.807, 2.05) is 37.5 Å². The lowest BCUT2D eigenvalue weighted by molar-refractivity contribution is 0.587. The molecule has 16 heavy (non-hydrogen) atoms. The largest absolute Gasteiger partial charge is 0.318 e. The van der Waals surface area contributed by atoms with Gasteiger partial charge in [-0.3, -0.25) is 4.79 Å². The van der Waals surface area contributed by atoms with E-state index >= 15 is 0 Å². The summed E-state index contributed by atoms with van der Waals surface area (Å²) in [5.41, 5.74) is 1.33. The summed E-state index contributed by atoms with van der Waals surface area (Å²) in [6, 6.07) is 7.82. The molecule has 2 aromatic rings. The summed E-state index contributed by atoms with van der Waals surface area (Å²) in [6.45, 7) is 6.50. The van der Waals surface area contributed by atoms with E-state index in [2.05, 4.69) is 20.8 Å². The van der Waals surface area contributed by atoms with E-state index in [0.29, 0.717) is 0 Å². The third-order valence-electron chi connectivity index (χ3n) is 2.90. The van der Waals surface area contributed by atoms with Crippen molar-refractivity contribution in [1.82, 2.24) is 4.57 Å². The molecule has 0 atom stereocenters. The molecule has 0 amide bonds. The molecule has 0 unspecified atom stereocenters. The quantitative estimate of drug-likeness (QED) is 0.662. The van der Waals surface area contributed by atoms with Crippen molar-refractivity contribution in [2.75, 3.05) is 0 Å². The number of pyridine rings is 1. The maximum atomic E-state index is 12.0. The molecule has 2 nitrogen and oxygen atoms in total. The Morgan fingerprint density at radius 3 is 2.19 bits per heavy atom. The van der Waals surface area contributed by atoms with Gasteiger partial charge in [-0.15, -0.1) is 0 Å². The maximum absolute atomic E-state index is 12.0. The molecule has 84 valence electrons. The average Bonchev–Trinajstić information content (AvgIpc) is 2.22. The smallest absolute Gasteiger partial charge is 0.258 e. The highest BCUT2D eigenvalue weighted by molar-refractivity contribution is 5.85. The molecular formula is C14H17NO. The van der Waals surface area contributed by atoms with Gasteiger partial charge in [-0.25, -0.2) is 0 Å². The average molecular weight is 215 g/mol. The van der Waals surface area contributed by atoms with Crippen LogP contribution in [0.25, 0.3) is 10.8 Å². The van der Waals surface area contributed by atoms with Crippen LogP contribution in [0.5, 0.6) is 0 Å². The number of rotatable bonds is 0. The number of aryl methyl sites for hydroxylation is 1. The molecule has 1 aromatic heterocycles.